The van der Waals surface area contributed by atoms with Crippen LogP contribution in [0.4, 0.5) is 4.39 Å². The van der Waals surface area contributed by atoms with E-state index in [9.17, 15) is 9.18 Å². The van der Waals surface area contributed by atoms with Gasteiger partial charge in [-0.15, -0.1) is 11.3 Å². The highest BCUT2D eigenvalue weighted by Gasteiger charge is 2.15. The minimum atomic E-state index is -0.312. The maximum absolute atomic E-state index is 12.9. The zero-order valence-corrected chi connectivity index (χ0v) is 15.1. The van der Waals surface area contributed by atoms with Crippen molar-refractivity contribution in [2.75, 3.05) is 33.4 Å². The fraction of sp³-hybridized carbons (Fsp3) is 0.412. The van der Waals surface area contributed by atoms with Gasteiger partial charge in [-0.25, -0.2) is 9.37 Å². The number of nitrogens with one attached hydrogen (secondary N) is 2. The van der Waals surface area contributed by atoms with E-state index >= 15 is 0 Å². The summed E-state index contributed by atoms with van der Waals surface area (Å²) in [5.74, 6) is 0.104. The summed E-state index contributed by atoms with van der Waals surface area (Å²) in [7, 11) is 1.65. The second kappa shape index (κ2) is 10.1. The molecule has 1 amide bonds. The normalized spacial score (nSPS) is 10.7. The Kier molecular flexibility index (Phi) is 7.77. The van der Waals surface area contributed by atoms with Gasteiger partial charge in [0.15, 0.2) is 0 Å². The number of halogens is 1. The predicted molar refractivity (Wildman–Crippen MR) is 94.7 cm³/mol. The van der Waals surface area contributed by atoms with Crippen LogP contribution >= 0.6 is 11.3 Å². The Morgan fingerprint density at radius 1 is 1.24 bits per heavy atom. The number of methoxy groups -OCH3 is 1. The van der Waals surface area contributed by atoms with Crippen molar-refractivity contribution in [1.29, 1.82) is 0 Å². The number of hydrogen-bond acceptors (Lipinski definition) is 6. The number of aryl methyl sites for hydroxylation is 1. The van der Waals surface area contributed by atoms with E-state index in [-0.39, 0.29) is 18.3 Å². The summed E-state index contributed by atoms with van der Waals surface area (Å²) in [6.07, 6.45) is 0. The first-order valence-corrected chi connectivity index (χ1v) is 8.74. The molecule has 0 aliphatic heterocycles. The Bertz CT molecular complexity index is 676. The van der Waals surface area contributed by atoms with Gasteiger partial charge in [0, 0.05) is 26.7 Å². The lowest BCUT2D eigenvalue weighted by Crippen LogP contribution is -2.33. The topological polar surface area (TPSA) is 72.5 Å². The molecule has 2 aromatic rings. The van der Waals surface area contributed by atoms with Crippen LogP contribution in [0.1, 0.15) is 20.4 Å². The number of nitrogens with zero attached hydrogens (tertiary/aromatic N) is 1. The molecule has 0 radical (unpaired) electrons. The van der Waals surface area contributed by atoms with Gasteiger partial charge in [-0.2, -0.15) is 0 Å². The summed E-state index contributed by atoms with van der Waals surface area (Å²) in [5, 5.41) is 6.71. The van der Waals surface area contributed by atoms with Crippen molar-refractivity contribution in [2.45, 2.75) is 13.5 Å². The fourth-order valence-electron chi connectivity index (χ4n) is 2.04. The molecule has 0 spiro atoms. The summed E-state index contributed by atoms with van der Waals surface area (Å²) < 4.78 is 23.4. The summed E-state index contributed by atoms with van der Waals surface area (Å²) in [6.45, 7) is 4.62. The molecular weight excluding hydrogens is 345 g/mol. The highest BCUT2D eigenvalue weighted by atomic mass is 32.1. The molecule has 1 aromatic heterocycles. The maximum atomic E-state index is 12.9. The summed E-state index contributed by atoms with van der Waals surface area (Å²) in [4.78, 5) is 17.1. The number of aromatic nitrogens is 1. The molecular formula is C17H22FN3O3S. The molecule has 136 valence electrons. The van der Waals surface area contributed by atoms with Crippen LogP contribution in [0.25, 0.3) is 0 Å². The molecule has 2 N–H and O–H groups in total. The molecule has 8 heteroatoms. The van der Waals surface area contributed by atoms with Crippen molar-refractivity contribution in [3.05, 3.63) is 45.7 Å². The van der Waals surface area contributed by atoms with E-state index in [1.807, 2.05) is 0 Å². The molecule has 1 aromatic carbocycles. The minimum absolute atomic E-state index is 0.142. The number of hydrogen-bond donors (Lipinski definition) is 2. The first-order valence-electron chi connectivity index (χ1n) is 7.92. The molecule has 0 aliphatic carbocycles. The molecule has 0 saturated heterocycles. The van der Waals surface area contributed by atoms with Gasteiger partial charge in [-0.3, -0.25) is 4.79 Å². The van der Waals surface area contributed by atoms with Gasteiger partial charge in [0.25, 0.3) is 5.91 Å². The van der Waals surface area contributed by atoms with Gasteiger partial charge in [0.05, 0.1) is 12.3 Å². The number of rotatable bonds is 10. The average Bonchev–Trinajstić information content (AvgIpc) is 2.98. The van der Waals surface area contributed by atoms with Gasteiger partial charge in [0.1, 0.15) is 28.1 Å². The molecule has 0 bridgehead atoms. The van der Waals surface area contributed by atoms with Crippen LogP contribution in [0, 0.1) is 12.7 Å². The molecule has 0 aliphatic rings. The van der Waals surface area contributed by atoms with Gasteiger partial charge < -0.3 is 20.1 Å². The van der Waals surface area contributed by atoms with Crippen molar-refractivity contribution >= 4 is 17.2 Å². The summed E-state index contributed by atoms with van der Waals surface area (Å²) >= 11 is 1.30. The zero-order valence-electron chi connectivity index (χ0n) is 14.3. The number of benzene rings is 1. The van der Waals surface area contributed by atoms with E-state index in [2.05, 4.69) is 15.6 Å². The maximum Gasteiger partial charge on any atom is 0.263 e. The summed E-state index contributed by atoms with van der Waals surface area (Å²) in [6, 6.07) is 5.78. The first-order chi connectivity index (χ1) is 12.1. The van der Waals surface area contributed by atoms with Crippen molar-refractivity contribution in [3.63, 3.8) is 0 Å². The quantitative estimate of drug-likeness (QED) is 0.630. The molecule has 0 atom stereocenters. The Morgan fingerprint density at radius 3 is 2.72 bits per heavy atom. The van der Waals surface area contributed by atoms with E-state index in [4.69, 9.17) is 9.47 Å². The van der Waals surface area contributed by atoms with Crippen LogP contribution in [-0.4, -0.2) is 44.2 Å². The number of amides is 1. The third kappa shape index (κ3) is 6.41. The molecule has 25 heavy (non-hydrogen) atoms. The molecule has 6 nitrogen and oxygen atoms in total. The van der Waals surface area contributed by atoms with Crippen LogP contribution in [0.3, 0.4) is 0 Å². The number of carbonyl (C=O) groups excluding carboxylic acids is 1. The largest absolute Gasteiger partial charge is 0.486 e. The van der Waals surface area contributed by atoms with Gasteiger partial charge in [0.2, 0.25) is 0 Å². The predicted octanol–water partition coefficient (Wildman–Crippen LogP) is 2.14. The van der Waals surface area contributed by atoms with Crippen LogP contribution < -0.4 is 15.4 Å². The molecule has 2 rings (SSSR count). The van der Waals surface area contributed by atoms with Crippen LogP contribution in [0.15, 0.2) is 24.3 Å². The number of thiazole rings is 1. The Hall–Kier alpha value is -2.03. The fourth-order valence-corrected chi connectivity index (χ4v) is 2.94. The highest BCUT2D eigenvalue weighted by Crippen LogP contribution is 2.20. The van der Waals surface area contributed by atoms with Gasteiger partial charge in [-0.05, 0) is 31.2 Å². The standard InChI is InChI=1S/C17H22FN3O3S/c1-12-16(17(22)20-8-7-19-9-10-23-2)25-15(21-12)11-24-14-5-3-13(18)4-6-14/h3-6,19H,7-11H2,1-2H3,(H,20,22). The Morgan fingerprint density at radius 2 is 2.00 bits per heavy atom. The Balaban J connectivity index is 1.80. The Labute approximate surface area is 150 Å². The molecule has 1 heterocycles. The second-order valence-corrected chi connectivity index (χ2v) is 6.35. The van der Waals surface area contributed by atoms with Crippen molar-refractivity contribution in [1.82, 2.24) is 15.6 Å². The lowest BCUT2D eigenvalue weighted by Gasteiger charge is -2.05. The van der Waals surface area contributed by atoms with Crippen molar-refractivity contribution < 1.29 is 18.7 Å². The number of ether oxygens (including phenoxy) is 2. The minimum Gasteiger partial charge on any atom is -0.486 e. The van der Waals surface area contributed by atoms with Crippen LogP contribution in [0.5, 0.6) is 5.75 Å². The van der Waals surface area contributed by atoms with E-state index in [1.54, 1.807) is 26.2 Å². The monoisotopic (exact) mass is 367 g/mol. The summed E-state index contributed by atoms with van der Waals surface area (Å²) in [5.41, 5.74) is 0.674. The molecule has 0 unspecified atom stereocenters. The van der Waals surface area contributed by atoms with E-state index < -0.39 is 0 Å². The third-order valence-corrected chi connectivity index (χ3v) is 4.42. The van der Waals surface area contributed by atoms with Gasteiger partial charge >= 0.3 is 0 Å². The van der Waals surface area contributed by atoms with Crippen LogP contribution in [-0.2, 0) is 11.3 Å². The number of carbonyl (C=O) groups is 1. The smallest absolute Gasteiger partial charge is 0.263 e. The molecule has 0 fully saturated rings. The van der Waals surface area contributed by atoms with Gasteiger partial charge in [-0.1, -0.05) is 0 Å². The third-order valence-electron chi connectivity index (χ3n) is 3.29. The zero-order chi connectivity index (χ0) is 18.1. The lowest BCUT2D eigenvalue weighted by atomic mass is 10.3. The van der Waals surface area contributed by atoms with E-state index in [0.717, 1.165) is 6.54 Å². The SMILES string of the molecule is COCCNCCNC(=O)c1sc(COc2ccc(F)cc2)nc1C. The highest BCUT2D eigenvalue weighted by molar-refractivity contribution is 7.13. The lowest BCUT2D eigenvalue weighted by molar-refractivity contribution is 0.0957. The average molecular weight is 367 g/mol. The second-order valence-electron chi connectivity index (χ2n) is 5.26. The molecule has 0 saturated carbocycles. The van der Waals surface area contributed by atoms with Crippen molar-refractivity contribution in [3.8, 4) is 5.75 Å². The first kappa shape index (κ1) is 19.3. The van der Waals surface area contributed by atoms with Crippen molar-refractivity contribution in [2.24, 2.45) is 0 Å². The van der Waals surface area contributed by atoms with E-state index in [1.165, 1.54) is 23.5 Å². The van der Waals surface area contributed by atoms with Crippen LogP contribution in [0.2, 0.25) is 0 Å². The van der Waals surface area contributed by atoms with E-state index in [0.29, 0.717) is 41.0 Å².